The quantitative estimate of drug-likeness (QED) is 0.599. The average molecular weight is 252 g/mol. The summed E-state index contributed by atoms with van der Waals surface area (Å²) in [6.45, 7) is 4.56. The van der Waals surface area contributed by atoms with Gasteiger partial charge in [0, 0.05) is 12.1 Å². The molecule has 96 valence electrons. The van der Waals surface area contributed by atoms with E-state index in [-0.39, 0.29) is 17.7 Å². The first-order valence-electron chi connectivity index (χ1n) is 5.50. The number of nitrogens with one attached hydrogen (secondary N) is 1. The standard InChI is InChI=1S/C13H14F2N2O/c1-2-18-5-3-4-17-9-11-12(14)6-10(8-16)7-13(11)15/h2,6-7,17H,1,3-5,9H2. The van der Waals surface area contributed by atoms with Gasteiger partial charge in [-0.3, -0.25) is 0 Å². The molecule has 0 aliphatic carbocycles. The molecule has 0 saturated carbocycles. The van der Waals surface area contributed by atoms with Crippen molar-refractivity contribution in [1.82, 2.24) is 5.32 Å². The maximum Gasteiger partial charge on any atom is 0.131 e. The van der Waals surface area contributed by atoms with Crippen LogP contribution in [0.5, 0.6) is 0 Å². The van der Waals surface area contributed by atoms with Gasteiger partial charge in [-0.1, -0.05) is 6.58 Å². The van der Waals surface area contributed by atoms with E-state index in [1.54, 1.807) is 6.07 Å². The van der Waals surface area contributed by atoms with E-state index in [0.717, 1.165) is 12.1 Å². The zero-order valence-electron chi connectivity index (χ0n) is 9.88. The molecular formula is C13H14F2N2O. The highest BCUT2D eigenvalue weighted by Crippen LogP contribution is 2.14. The van der Waals surface area contributed by atoms with Gasteiger partial charge in [0.15, 0.2) is 0 Å². The molecule has 18 heavy (non-hydrogen) atoms. The third kappa shape index (κ3) is 4.15. The number of nitrogens with zero attached hydrogens (tertiary/aromatic N) is 1. The molecule has 0 radical (unpaired) electrons. The first kappa shape index (κ1) is 14.1. The summed E-state index contributed by atoms with van der Waals surface area (Å²) in [5.74, 6) is -1.41. The Kier molecular flexibility index (Phi) is 5.81. The van der Waals surface area contributed by atoms with Crippen molar-refractivity contribution in [2.45, 2.75) is 13.0 Å². The second-order valence-electron chi connectivity index (χ2n) is 3.60. The van der Waals surface area contributed by atoms with E-state index in [1.165, 1.54) is 6.26 Å². The van der Waals surface area contributed by atoms with Crippen LogP contribution in [0.3, 0.4) is 0 Å². The van der Waals surface area contributed by atoms with E-state index in [9.17, 15) is 8.78 Å². The Balaban J connectivity index is 2.48. The normalized spacial score (nSPS) is 9.83. The highest BCUT2D eigenvalue weighted by Gasteiger charge is 2.10. The van der Waals surface area contributed by atoms with E-state index >= 15 is 0 Å². The summed E-state index contributed by atoms with van der Waals surface area (Å²) in [5, 5.41) is 11.5. The van der Waals surface area contributed by atoms with Gasteiger partial charge in [-0.15, -0.1) is 0 Å². The highest BCUT2D eigenvalue weighted by atomic mass is 19.1. The van der Waals surface area contributed by atoms with Gasteiger partial charge in [0.05, 0.1) is 24.5 Å². The van der Waals surface area contributed by atoms with Gasteiger partial charge >= 0.3 is 0 Å². The summed E-state index contributed by atoms with van der Waals surface area (Å²) in [7, 11) is 0. The molecule has 1 rings (SSSR count). The Morgan fingerprint density at radius 3 is 2.61 bits per heavy atom. The van der Waals surface area contributed by atoms with Crippen LogP contribution in [0.1, 0.15) is 17.5 Å². The molecule has 0 aliphatic rings. The van der Waals surface area contributed by atoms with Gasteiger partial charge in [0.1, 0.15) is 11.6 Å². The van der Waals surface area contributed by atoms with Gasteiger partial charge < -0.3 is 10.1 Å². The minimum absolute atomic E-state index is 0.0202. The van der Waals surface area contributed by atoms with Crippen molar-refractivity contribution in [2.75, 3.05) is 13.2 Å². The van der Waals surface area contributed by atoms with Gasteiger partial charge in [-0.05, 0) is 25.1 Å². The molecule has 0 fully saturated rings. The molecule has 0 atom stereocenters. The van der Waals surface area contributed by atoms with E-state index in [1.807, 2.05) is 0 Å². The Hall–Kier alpha value is -1.93. The Labute approximate surface area is 105 Å². The van der Waals surface area contributed by atoms with E-state index in [4.69, 9.17) is 10.00 Å². The molecule has 0 heterocycles. The molecule has 0 aromatic heterocycles. The van der Waals surface area contributed by atoms with E-state index in [0.29, 0.717) is 19.6 Å². The lowest BCUT2D eigenvalue weighted by Crippen LogP contribution is -2.18. The number of nitriles is 1. The summed E-state index contributed by atoms with van der Waals surface area (Å²) in [6.07, 6.45) is 2.06. The molecule has 0 saturated heterocycles. The Morgan fingerprint density at radius 1 is 1.39 bits per heavy atom. The summed E-state index contributed by atoms with van der Waals surface area (Å²) < 4.78 is 31.8. The lowest BCUT2D eigenvalue weighted by molar-refractivity contribution is 0.244. The van der Waals surface area contributed by atoms with Crippen molar-refractivity contribution < 1.29 is 13.5 Å². The second kappa shape index (κ2) is 7.41. The molecule has 1 aromatic carbocycles. The maximum atomic E-state index is 13.5. The SMILES string of the molecule is C=COCCCNCc1c(F)cc(C#N)cc1F. The zero-order chi connectivity index (χ0) is 13.4. The molecule has 5 heteroatoms. The smallest absolute Gasteiger partial charge is 0.131 e. The number of hydrogen-bond acceptors (Lipinski definition) is 3. The summed E-state index contributed by atoms with van der Waals surface area (Å²) in [5.41, 5.74) is -0.0771. The van der Waals surface area contributed by atoms with Crippen molar-refractivity contribution in [2.24, 2.45) is 0 Å². The van der Waals surface area contributed by atoms with Gasteiger partial charge in [-0.25, -0.2) is 8.78 Å². The van der Waals surface area contributed by atoms with Crippen LogP contribution < -0.4 is 5.32 Å². The van der Waals surface area contributed by atoms with Gasteiger partial charge in [0.2, 0.25) is 0 Å². The number of halogens is 2. The third-order valence-electron chi connectivity index (χ3n) is 2.31. The fourth-order valence-corrected chi connectivity index (χ4v) is 1.41. The fraction of sp³-hybridized carbons (Fsp3) is 0.308. The van der Waals surface area contributed by atoms with Gasteiger partial charge in [0.25, 0.3) is 0 Å². The predicted molar refractivity (Wildman–Crippen MR) is 63.5 cm³/mol. The van der Waals surface area contributed by atoms with Crippen molar-refractivity contribution >= 4 is 0 Å². The van der Waals surface area contributed by atoms with E-state index in [2.05, 4.69) is 11.9 Å². The maximum absolute atomic E-state index is 13.5. The van der Waals surface area contributed by atoms with Crippen LogP contribution in [-0.4, -0.2) is 13.2 Å². The van der Waals surface area contributed by atoms with Crippen LogP contribution in [-0.2, 0) is 11.3 Å². The van der Waals surface area contributed by atoms with Crippen LogP contribution in [0, 0.1) is 23.0 Å². The second-order valence-corrected chi connectivity index (χ2v) is 3.60. The number of benzene rings is 1. The van der Waals surface area contributed by atoms with Crippen molar-refractivity contribution in [3.05, 3.63) is 47.7 Å². The summed E-state index contributed by atoms with van der Waals surface area (Å²) in [4.78, 5) is 0. The molecule has 3 nitrogen and oxygen atoms in total. The van der Waals surface area contributed by atoms with E-state index < -0.39 is 11.6 Å². The minimum Gasteiger partial charge on any atom is -0.502 e. The van der Waals surface area contributed by atoms with Crippen LogP contribution in [0.4, 0.5) is 8.78 Å². The van der Waals surface area contributed by atoms with Crippen LogP contribution >= 0.6 is 0 Å². The van der Waals surface area contributed by atoms with Crippen LogP contribution in [0.15, 0.2) is 25.0 Å². The molecule has 0 unspecified atom stereocenters. The lowest BCUT2D eigenvalue weighted by atomic mass is 10.1. The monoisotopic (exact) mass is 252 g/mol. The first-order valence-corrected chi connectivity index (χ1v) is 5.50. The predicted octanol–water partition coefficient (Wildman–Crippen LogP) is 2.48. The fourth-order valence-electron chi connectivity index (χ4n) is 1.41. The number of rotatable bonds is 7. The van der Waals surface area contributed by atoms with Crippen LogP contribution in [0.25, 0.3) is 0 Å². The van der Waals surface area contributed by atoms with Crippen molar-refractivity contribution in [3.8, 4) is 6.07 Å². The minimum atomic E-state index is -0.707. The average Bonchev–Trinajstić information content (AvgIpc) is 2.35. The van der Waals surface area contributed by atoms with Crippen molar-refractivity contribution in [1.29, 1.82) is 5.26 Å². The van der Waals surface area contributed by atoms with Crippen molar-refractivity contribution in [3.63, 3.8) is 0 Å². The Morgan fingerprint density at radius 2 is 2.06 bits per heavy atom. The molecule has 0 aliphatic heterocycles. The lowest BCUT2D eigenvalue weighted by Gasteiger charge is -2.07. The van der Waals surface area contributed by atoms with Gasteiger partial charge in [-0.2, -0.15) is 5.26 Å². The molecule has 1 aromatic rings. The number of ether oxygens (including phenoxy) is 1. The third-order valence-corrected chi connectivity index (χ3v) is 2.31. The Bertz CT molecular complexity index is 432. The molecular weight excluding hydrogens is 238 g/mol. The summed E-state index contributed by atoms with van der Waals surface area (Å²) >= 11 is 0. The topological polar surface area (TPSA) is 45.0 Å². The first-order chi connectivity index (χ1) is 8.69. The van der Waals surface area contributed by atoms with Crippen LogP contribution in [0.2, 0.25) is 0 Å². The molecule has 0 amide bonds. The molecule has 0 bridgehead atoms. The zero-order valence-corrected chi connectivity index (χ0v) is 9.88. The number of hydrogen-bond donors (Lipinski definition) is 1. The molecule has 1 N–H and O–H groups in total. The summed E-state index contributed by atoms with van der Waals surface area (Å²) in [6, 6.07) is 3.76. The highest BCUT2D eigenvalue weighted by molar-refractivity contribution is 5.34. The largest absolute Gasteiger partial charge is 0.502 e. The molecule has 0 spiro atoms.